The van der Waals surface area contributed by atoms with Gasteiger partial charge in [-0.05, 0) is 48.2 Å². The summed E-state index contributed by atoms with van der Waals surface area (Å²) in [7, 11) is 0. The Hall–Kier alpha value is -3.63. The zero-order valence-electron chi connectivity index (χ0n) is 20.9. The summed E-state index contributed by atoms with van der Waals surface area (Å²) < 4.78 is 0. The van der Waals surface area contributed by atoms with Crippen molar-refractivity contribution in [2.24, 2.45) is 11.5 Å². The van der Waals surface area contributed by atoms with Gasteiger partial charge in [0.05, 0.1) is 11.3 Å². The molecule has 10 heteroatoms. The number of piperazine rings is 1. The monoisotopic (exact) mass is 496 g/mol. The van der Waals surface area contributed by atoms with Crippen LogP contribution in [0.4, 0.5) is 10.5 Å². The average molecular weight is 497 g/mol. The van der Waals surface area contributed by atoms with E-state index in [4.69, 9.17) is 16.9 Å². The Labute approximate surface area is 211 Å². The molecule has 36 heavy (non-hydrogen) atoms. The molecule has 2 aromatic rings. The lowest BCUT2D eigenvalue weighted by Gasteiger charge is -2.35. The van der Waals surface area contributed by atoms with E-state index in [-0.39, 0.29) is 34.7 Å². The second kappa shape index (κ2) is 11.9. The first-order chi connectivity index (χ1) is 17.1. The summed E-state index contributed by atoms with van der Waals surface area (Å²) in [5, 5.41) is 29.1. The average Bonchev–Trinajstić information content (AvgIpc) is 2.83. The number of aromatic hydroxyl groups is 2. The molecule has 0 atom stereocenters. The minimum Gasteiger partial charge on any atom is -0.508 e. The van der Waals surface area contributed by atoms with Crippen LogP contribution in [0.1, 0.15) is 49.3 Å². The van der Waals surface area contributed by atoms with Crippen molar-refractivity contribution in [1.82, 2.24) is 9.80 Å². The molecule has 10 nitrogen and oxygen atoms in total. The molecular weight excluding hydrogens is 460 g/mol. The summed E-state index contributed by atoms with van der Waals surface area (Å²) in [5.41, 5.74) is 13.2. The van der Waals surface area contributed by atoms with Crippen molar-refractivity contribution in [3.63, 3.8) is 0 Å². The van der Waals surface area contributed by atoms with Gasteiger partial charge in [-0.2, -0.15) is 0 Å². The Kier molecular flexibility index (Phi) is 8.89. The third kappa shape index (κ3) is 6.32. The van der Waals surface area contributed by atoms with Gasteiger partial charge in [0.25, 0.3) is 0 Å². The van der Waals surface area contributed by atoms with E-state index in [9.17, 15) is 19.8 Å². The quantitative estimate of drug-likeness (QED) is 0.279. The number of carbonyl (C=O) groups is 2. The van der Waals surface area contributed by atoms with Gasteiger partial charge in [0, 0.05) is 45.2 Å². The fourth-order valence-electron chi connectivity index (χ4n) is 4.31. The van der Waals surface area contributed by atoms with Crippen LogP contribution in [0.2, 0.25) is 0 Å². The first-order valence-electron chi connectivity index (χ1n) is 12.2. The summed E-state index contributed by atoms with van der Waals surface area (Å²) in [6.07, 6.45) is 1.19. The van der Waals surface area contributed by atoms with Crippen molar-refractivity contribution < 1.29 is 19.8 Å². The molecule has 3 amide bonds. The Balaban J connectivity index is 1.69. The van der Waals surface area contributed by atoms with Crippen LogP contribution in [0.15, 0.2) is 36.4 Å². The Morgan fingerprint density at radius 3 is 2.25 bits per heavy atom. The summed E-state index contributed by atoms with van der Waals surface area (Å²) >= 11 is 0. The predicted octanol–water partition coefficient (Wildman–Crippen LogP) is 2.51. The molecule has 2 aromatic carbocycles. The number of primary amides is 1. The molecular formula is C26H36N6O4. The minimum absolute atomic E-state index is 0.0515. The van der Waals surface area contributed by atoms with Crippen molar-refractivity contribution in [3.8, 4) is 11.5 Å². The van der Waals surface area contributed by atoms with Crippen LogP contribution in [0, 0.1) is 5.41 Å². The van der Waals surface area contributed by atoms with Crippen LogP contribution in [-0.2, 0) is 11.3 Å². The van der Waals surface area contributed by atoms with E-state index in [1.165, 1.54) is 12.1 Å². The van der Waals surface area contributed by atoms with Crippen molar-refractivity contribution in [3.05, 3.63) is 53.1 Å². The predicted molar refractivity (Wildman–Crippen MR) is 139 cm³/mol. The molecule has 3 rings (SSSR count). The number of carbonyl (C=O) groups excluding carboxylic acids is 2. The van der Waals surface area contributed by atoms with Crippen molar-refractivity contribution in [2.75, 3.05) is 37.6 Å². The van der Waals surface area contributed by atoms with E-state index in [0.717, 1.165) is 23.6 Å². The third-order valence-electron chi connectivity index (χ3n) is 6.39. The largest absolute Gasteiger partial charge is 0.508 e. The summed E-state index contributed by atoms with van der Waals surface area (Å²) in [5.74, 6) is -0.576. The molecule has 194 valence electrons. The van der Waals surface area contributed by atoms with Gasteiger partial charge in [-0.15, -0.1) is 0 Å². The molecule has 0 saturated carbocycles. The SMILES string of the molecule is CC(C)c1cc(C(=N)N(C(N)=O)c2ccc(CN3CCN(C(=O)CCCN)CC3)cc2)c(O)cc1O. The maximum Gasteiger partial charge on any atom is 0.325 e. The number of urea groups is 1. The van der Waals surface area contributed by atoms with E-state index < -0.39 is 6.03 Å². The number of amides is 3. The maximum atomic E-state index is 12.3. The number of nitrogens with one attached hydrogen (secondary N) is 1. The number of anilines is 1. The van der Waals surface area contributed by atoms with Gasteiger partial charge in [0.15, 0.2) is 0 Å². The molecule has 0 spiro atoms. The van der Waals surface area contributed by atoms with Crippen LogP contribution in [-0.4, -0.2) is 70.5 Å². The van der Waals surface area contributed by atoms with Gasteiger partial charge < -0.3 is 26.6 Å². The number of amidine groups is 1. The number of rotatable bonds is 8. The van der Waals surface area contributed by atoms with Crippen molar-refractivity contribution in [1.29, 1.82) is 5.41 Å². The Bertz CT molecular complexity index is 1090. The molecule has 1 aliphatic heterocycles. The molecule has 1 heterocycles. The zero-order valence-corrected chi connectivity index (χ0v) is 20.9. The van der Waals surface area contributed by atoms with E-state index >= 15 is 0 Å². The summed E-state index contributed by atoms with van der Waals surface area (Å²) in [6.45, 7) is 7.87. The molecule has 0 unspecified atom stereocenters. The fraction of sp³-hybridized carbons (Fsp3) is 0.423. The first-order valence-corrected chi connectivity index (χ1v) is 12.2. The fourth-order valence-corrected chi connectivity index (χ4v) is 4.31. The molecule has 0 radical (unpaired) electrons. The number of phenolic OH excluding ortho intramolecular Hbond substituents is 2. The van der Waals surface area contributed by atoms with E-state index in [1.807, 2.05) is 30.9 Å². The van der Waals surface area contributed by atoms with Crippen molar-refractivity contribution in [2.45, 2.75) is 39.2 Å². The molecule has 7 N–H and O–H groups in total. The van der Waals surface area contributed by atoms with E-state index in [2.05, 4.69) is 4.90 Å². The number of hydrogen-bond acceptors (Lipinski definition) is 7. The Morgan fingerprint density at radius 2 is 1.69 bits per heavy atom. The van der Waals surface area contributed by atoms with Crippen LogP contribution in [0.3, 0.4) is 0 Å². The highest BCUT2D eigenvalue weighted by molar-refractivity contribution is 6.22. The minimum atomic E-state index is -0.859. The third-order valence-corrected chi connectivity index (χ3v) is 6.39. The summed E-state index contributed by atoms with van der Waals surface area (Å²) in [6, 6.07) is 8.97. The normalized spacial score (nSPS) is 14.2. The number of hydrogen-bond donors (Lipinski definition) is 5. The number of benzene rings is 2. The molecule has 1 fully saturated rings. The summed E-state index contributed by atoms with van der Waals surface area (Å²) in [4.78, 5) is 29.6. The molecule has 0 aliphatic carbocycles. The van der Waals surface area contributed by atoms with Crippen LogP contribution in [0.25, 0.3) is 0 Å². The molecule has 1 aliphatic rings. The highest BCUT2D eigenvalue weighted by Crippen LogP contribution is 2.33. The van der Waals surface area contributed by atoms with Gasteiger partial charge in [-0.3, -0.25) is 15.1 Å². The molecule has 1 saturated heterocycles. The standard InChI is InChI=1S/C26H36N6O4/c1-17(2)20-14-21(23(34)15-22(20)33)25(28)32(26(29)36)19-7-5-18(6-8-19)16-30-10-12-31(13-11-30)24(35)4-3-9-27/h5-8,14-15,17,28,33-34H,3-4,9-13,16,27H2,1-2H3,(H2,29,36). The van der Waals surface area contributed by atoms with E-state index in [0.29, 0.717) is 50.3 Å². The van der Waals surface area contributed by atoms with Crippen LogP contribution >= 0.6 is 0 Å². The number of nitrogens with two attached hydrogens (primary N) is 2. The lowest BCUT2D eigenvalue weighted by molar-refractivity contribution is -0.133. The van der Waals surface area contributed by atoms with Gasteiger partial charge >= 0.3 is 6.03 Å². The highest BCUT2D eigenvalue weighted by Gasteiger charge is 2.24. The lowest BCUT2D eigenvalue weighted by atomic mass is 9.98. The van der Waals surface area contributed by atoms with Gasteiger partial charge in [-0.25, -0.2) is 9.69 Å². The van der Waals surface area contributed by atoms with Gasteiger partial charge in [0.1, 0.15) is 17.3 Å². The number of phenols is 2. The second-order valence-electron chi connectivity index (χ2n) is 9.32. The first kappa shape index (κ1) is 27.0. The Morgan fingerprint density at radius 1 is 1.06 bits per heavy atom. The lowest BCUT2D eigenvalue weighted by Crippen LogP contribution is -2.48. The van der Waals surface area contributed by atoms with Gasteiger partial charge in [-0.1, -0.05) is 26.0 Å². The van der Waals surface area contributed by atoms with Crippen molar-refractivity contribution >= 4 is 23.5 Å². The maximum absolute atomic E-state index is 12.3. The van der Waals surface area contributed by atoms with Crippen LogP contribution < -0.4 is 16.4 Å². The second-order valence-corrected chi connectivity index (χ2v) is 9.32. The highest BCUT2D eigenvalue weighted by atomic mass is 16.3. The van der Waals surface area contributed by atoms with E-state index in [1.54, 1.807) is 12.1 Å². The smallest absolute Gasteiger partial charge is 0.325 e. The zero-order chi connectivity index (χ0) is 26.4. The molecule has 0 bridgehead atoms. The van der Waals surface area contributed by atoms with Gasteiger partial charge in [0.2, 0.25) is 5.91 Å². The molecule has 0 aromatic heterocycles. The number of nitrogens with zero attached hydrogens (tertiary/aromatic N) is 3. The topological polar surface area (TPSA) is 160 Å². The van der Waals surface area contributed by atoms with Crippen LogP contribution in [0.5, 0.6) is 11.5 Å².